The SMILES string of the molecule is CCCCc1ccc(NC(=O)[C@@H](CC)Sc2ccc(Cl)cc2)cc1. The third kappa shape index (κ3) is 5.88. The van der Waals surface area contributed by atoms with Gasteiger partial charge < -0.3 is 5.32 Å². The van der Waals surface area contributed by atoms with E-state index in [-0.39, 0.29) is 11.2 Å². The van der Waals surface area contributed by atoms with E-state index in [9.17, 15) is 4.79 Å². The van der Waals surface area contributed by atoms with Crippen LogP contribution < -0.4 is 5.32 Å². The van der Waals surface area contributed by atoms with Gasteiger partial charge in [-0.2, -0.15) is 0 Å². The number of thioether (sulfide) groups is 1. The lowest BCUT2D eigenvalue weighted by atomic mass is 10.1. The molecule has 0 unspecified atom stereocenters. The average Bonchev–Trinajstić information content (AvgIpc) is 2.60. The molecule has 0 aliphatic carbocycles. The van der Waals surface area contributed by atoms with Gasteiger partial charge in [-0.1, -0.05) is 44.0 Å². The fourth-order valence-electron chi connectivity index (χ4n) is 2.36. The number of aryl methyl sites for hydroxylation is 1. The lowest BCUT2D eigenvalue weighted by Crippen LogP contribution is -2.24. The number of hydrogen-bond acceptors (Lipinski definition) is 2. The maximum Gasteiger partial charge on any atom is 0.237 e. The molecule has 24 heavy (non-hydrogen) atoms. The zero-order chi connectivity index (χ0) is 17.4. The summed E-state index contributed by atoms with van der Waals surface area (Å²) in [7, 11) is 0. The zero-order valence-electron chi connectivity index (χ0n) is 14.2. The van der Waals surface area contributed by atoms with Gasteiger partial charge in [-0.3, -0.25) is 4.79 Å². The van der Waals surface area contributed by atoms with E-state index in [2.05, 4.69) is 24.4 Å². The van der Waals surface area contributed by atoms with Crippen molar-refractivity contribution in [3.8, 4) is 0 Å². The zero-order valence-corrected chi connectivity index (χ0v) is 15.8. The van der Waals surface area contributed by atoms with Gasteiger partial charge in [0.25, 0.3) is 0 Å². The minimum atomic E-state index is -0.119. The molecule has 0 bridgehead atoms. The van der Waals surface area contributed by atoms with E-state index in [4.69, 9.17) is 11.6 Å². The summed E-state index contributed by atoms with van der Waals surface area (Å²) in [6.45, 7) is 4.22. The van der Waals surface area contributed by atoms with Crippen LogP contribution in [0.5, 0.6) is 0 Å². The molecule has 4 heteroatoms. The number of carbonyl (C=O) groups is 1. The van der Waals surface area contributed by atoms with Gasteiger partial charge >= 0.3 is 0 Å². The summed E-state index contributed by atoms with van der Waals surface area (Å²) in [4.78, 5) is 13.6. The van der Waals surface area contributed by atoms with Crippen LogP contribution in [-0.4, -0.2) is 11.2 Å². The van der Waals surface area contributed by atoms with Crippen molar-refractivity contribution in [3.05, 3.63) is 59.1 Å². The quantitative estimate of drug-likeness (QED) is 0.568. The molecule has 0 radical (unpaired) electrons. The largest absolute Gasteiger partial charge is 0.325 e. The minimum absolute atomic E-state index is 0.0405. The monoisotopic (exact) mass is 361 g/mol. The smallest absolute Gasteiger partial charge is 0.237 e. The number of nitrogens with one attached hydrogen (secondary N) is 1. The van der Waals surface area contributed by atoms with Crippen LogP contribution in [0.1, 0.15) is 38.7 Å². The van der Waals surface area contributed by atoms with E-state index < -0.39 is 0 Å². The van der Waals surface area contributed by atoms with Crippen molar-refractivity contribution in [2.24, 2.45) is 0 Å². The Balaban J connectivity index is 1.94. The summed E-state index contributed by atoms with van der Waals surface area (Å²) in [5.74, 6) is 0.0405. The third-order valence-electron chi connectivity index (χ3n) is 3.80. The summed E-state index contributed by atoms with van der Waals surface area (Å²) in [5.41, 5.74) is 2.17. The van der Waals surface area contributed by atoms with Crippen molar-refractivity contribution in [1.29, 1.82) is 0 Å². The van der Waals surface area contributed by atoms with Crippen LogP contribution in [0.4, 0.5) is 5.69 Å². The molecule has 0 spiro atoms. The molecule has 128 valence electrons. The second-order valence-electron chi connectivity index (χ2n) is 5.76. The van der Waals surface area contributed by atoms with Gasteiger partial charge in [-0.05, 0) is 61.2 Å². The molecule has 0 heterocycles. The summed E-state index contributed by atoms with van der Waals surface area (Å²) in [6, 6.07) is 15.8. The van der Waals surface area contributed by atoms with E-state index >= 15 is 0 Å². The first-order valence-corrected chi connectivity index (χ1v) is 9.70. The summed E-state index contributed by atoms with van der Waals surface area (Å²) in [5, 5.41) is 3.61. The second-order valence-corrected chi connectivity index (χ2v) is 7.47. The van der Waals surface area contributed by atoms with Crippen molar-refractivity contribution >= 4 is 35.0 Å². The standard InChI is InChI=1S/C20H24ClNOS/c1-3-5-6-15-7-11-17(12-8-15)22-20(23)19(4-2)24-18-13-9-16(21)10-14-18/h7-14,19H,3-6H2,1-2H3,(H,22,23)/t19-/m1/s1. The molecule has 0 fully saturated rings. The highest BCUT2D eigenvalue weighted by Gasteiger charge is 2.18. The van der Waals surface area contributed by atoms with Crippen molar-refractivity contribution in [1.82, 2.24) is 0 Å². The Labute approximate surface area is 154 Å². The van der Waals surface area contributed by atoms with E-state index in [1.165, 1.54) is 18.4 Å². The third-order valence-corrected chi connectivity index (χ3v) is 5.42. The van der Waals surface area contributed by atoms with Crippen LogP contribution in [0.2, 0.25) is 5.02 Å². The number of halogens is 1. The Morgan fingerprint density at radius 3 is 2.33 bits per heavy atom. The Morgan fingerprint density at radius 1 is 1.08 bits per heavy atom. The maximum atomic E-state index is 12.5. The van der Waals surface area contributed by atoms with Gasteiger partial charge in [0.1, 0.15) is 0 Å². The van der Waals surface area contributed by atoms with Crippen LogP contribution >= 0.6 is 23.4 Å². The van der Waals surface area contributed by atoms with Crippen molar-refractivity contribution in [2.75, 3.05) is 5.32 Å². The number of anilines is 1. The van der Waals surface area contributed by atoms with Gasteiger partial charge in [0.15, 0.2) is 0 Å². The summed E-state index contributed by atoms with van der Waals surface area (Å²) < 4.78 is 0. The highest BCUT2D eigenvalue weighted by Crippen LogP contribution is 2.27. The van der Waals surface area contributed by atoms with Crippen LogP contribution in [-0.2, 0) is 11.2 Å². The van der Waals surface area contributed by atoms with Gasteiger partial charge in [0.05, 0.1) is 5.25 Å². The van der Waals surface area contributed by atoms with Crippen molar-refractivity contribution in [2.45, 2.75) is 49.7 Å². The Morgan fingerprint density at radius 2 is 1.75 bits per heavy atom. The van der Waals surface area contributed by atoms with Crippen LogP contribution in [0, 0.1) is 0 Å². The van der Waals surface area contributed by atoms with Gasteiger partial charge in [-0.15, -0.1) is 11.8 Å². The number of rotatable bonds is 8. The first kappa shape index (κ1) is 18.9. The van der Waals surface area contributed by atoms with Crippen LogP contribution in [0.15, 0.2) is 53.4 Å². The van der Waals surface area contributed by atoms with Gasteiger partial charge in [0, 0.05) is 15.6 Å². The molecule has 2 aromatic rings. The fourth-order valence-corrected chi connectivity index (χ4v) is 3.44. The van der Waals surface area contributed by atoms with Crippen LogP contribution in [0.25, 0.3) is 0 Å². The predicted molar refractivity (Wildman–Crippen MR) is 105 cm³/mol. The number of hydrogen-bond donors (Lipinski definition) is 1. The van der Waals surface area contributed by atoms with E-state index in [0.29, 0.717) is 5.02 Å². The molecule has 0 aliphatic rings. The highest BCUT2D eigenvalue weighted by molar-refractivity contribution is 8.00. The van der Waals surface area contributed by atoms with E-state index in [1.807, 2.05) is 43.3 Å². The first-order valence-electron chi connectivity index (χ1n) is 8.44. The number of amides is 1. The Bertz CT molecular complexity index is 640. The van der Waals surface area contributed by atoms with Crippen LogP contribution in [0.3, 0.4) is 0 Å². The van der Waals surface area contributed by atoms with E-state index in [1.54, 1.807) is 11.8 Å². The molecular formula is C20H24ClNOS. The summed E-state index contributed by atoms with van der Waals surface area (Å²) >= 11 is 7.48. The normalized spacial score (nSPS) is 12.0. The lowest BCUT2D eigenvalue weighted by molar-refractivity contribution is -0.115. The molecule has 0 aromatic heterocycles. The Kier molecular flexibility index (Phi) is 7.67. The first-order chi connectivity index (χ1) is 11.6. The molecule has 1 atom stereocenters. The summed E-state index contributed by atoms with van der Waals surface area (Å²) in [6.07, 6.45) is 4.25. The van der Waals surface area contributed by atoms with Crippen molar-refractivity contribution in [3.63, 3.8) is 0 Å². The molecule has 0 saturated carbocycles. The molecule has 1 N–H and O–H groups in total. The molecule has 0 saturated heterocycles. The maximum absolute atomic E-state index is 12.5. The predicted octanol–water partition coefficient (Wildman–Crippen LogP) is 6.19. The highest BCUT2D eigenvalue weighted by atomic mass is 35.5. The molecule has 2 aromatic carbocycles. The molecule has 2 nitrogen and oxygen atoms in total. The fraction of sp³-hybridized carbons (Fsp3) is 0.350. The molecule has 1 amide bonds. The topological polar surface area (TPSA) is 29.1 Å². The van der Waals surface area contributed by atoms with Gasteiger partial charge in [0.2, 0.25) is 5.91 Å². The molecule has 0 aliphatic heterocycles. The second kappa shape index (κ2) is 9.75. The van der Waals surface area contributed by atoms with Crippen molar-refractivity contribution < 1.29 is 4.79 Å². The number of carbonyl (C=O) groups excluding carboxylic acids is 1. The Hall–Kier alpha value is -1.45. The number of unbranched alkanes of at least 4 members (excludes halogenated alkanes) is 1. The molecular weight excluding hydrogens is 338 g/mol. The average molecular weight is 362 g/mol. The molecule has 2 rings (SSSR count). The van der Waals surface area contributed by atoms with Gasteiger partial charge in [-0.25, -0.2) is 0 Å². The minimum Gasteiger partial charge on any atom is -0.325 e. The van der Waals surface area contributed by atoms with E-state index in [0.717, 1.165) is 23.4 Å². The lowest BCUT2D eigenvalue weighted by Gasteiger charge is -2.15. The number of benzene rings is 2.